The average molecular weight is 339 g/mol. The molecule has 0 aliphatic carbocycles. The third kappa shape index (κ3) is 3.88. The van der Waals surface area contributed by atoms with Gasteiger partial charge in [0, 0.05) is 22.6 Å². The van der Waals surface area contributed by atoms with E-state index in [0.717, 1.165) is 16.9 Å². The molecule has 0 radical (unpaired) electrons. The highest BCUT2D eigenvalue weighted by Gasteiger charge is 2.10. The normalized spacial score (nSPS) is 10.2. The van der Waals surface area contributed by atoms with Crippen LogP contribution in [0.5, 0.6) is 0 Å². The average Bonchev–Trinajstić information content (AvgIpc) is 2.59. The Hall–Kier alpha value is -2.92. The van der Waals surface area contributed by atoms with Crippen LogP contribution in [0.2, 0.25) is 5.02 Å². The van der Waals surface area contributed by atoms with Gasteiger partial charge in [-0.2, -0.15) is 0 Å². The number of aryl methyl sites for hydroxylation is 1. The third-order valence-electron chi connectivity index (χ3n) is 3.38. The minimum Gasteiger partial charge on any atom is -0.324 e. The van der Waals surface area contributed by atoms with Gasteiger partial charge in [-0.15, -0.1) is 0 Å². The lowest BCUT2D eigenvalue weighted by molar-refractivity contribution is 0.102. The van der Waals surface area contributed by atoms with Crippen molar-refractivity contribution in [2.45, 2.75) is 6.92 Å². The number of benzene rings is 2. The van der Waals surface area contributed by atoms with Gasteiger partial charge >= 0.3 is 0 Å². The number of para-hydroxylation sites is 1. The molecule has 24 heavy (non-hydrogen) atoms. The zero-order chi connectivity index (χ0) is 16.9. The smallest absolute Gasteiger partial charge is 0.274 e. The quantitative estimate of drug-likeness (QED) is 0.738. The molecule has 0 bridgehead atoms. The molecule has 2 aromatic carbocycles. The highest BCUT2D eigenvalue weighted by atomic mass is 35.5. The third-order valence-corrected chi connectivity index (χ3v) is 3.63. The lowest BCUT2D eigenvalue weighted by Crippen LogP contribution is -2.15. The first-order valence-corrected chi connectivity index (χ1v) is 7.72. The molecule has 0 aliphatic heterocycles. The highest BCUT2D eigenvalue weighted by Crippen LogP contribution is 2.17. The van der Waals surface area contributed by atoms with E-state index in [1.165, 1.54) is 6.20 Å². The van der Waals surface area contributed by atoms with E-state index in [0.29, 0.717) is 11.0 Å². The summed E-state index contributed by atoms with van der Waals surface area (Å²) in [5.74, 6) is 0.0561. The second-order valence-electron chi connectivity index (χ2n) is 5.17. The fourth-order valence-corrected chi connectivity index (χ4v) is 2.23. The van der Waals surface area contributed by atoms with Gasteiger partial charge in [-0.05, 0) is 48.9 Å². The second-order valence-corrected chi connectivity index (χ2v) is 5.60. The minimum absolute atomic E-state index is 0.282. The standard InChI is InChI=1S/C18H15ClN4O/c1-12-4-2-3-5-15(12)22-17(24)16-10-11-20-18(23-16)21-14-8-6-13(19)7-9-14/h2-11H,1H3,(H,22,24)(H,20,21,23). The number of halogens is 1. The molecule has 0 atom stereocenters. The number of rotatable bonds is 4. The molecule has 1 aromatic heterocycles. The molecule has 0 saturated heterocycles. The molecule has 120 valence electrons. The molecule has 0 aliphatic rings. The number of carbonyl (C=O) groups is 1. The van der Waals surface area contributed by atoms with E-state index in [-0.39, 0.29) is 11.6 Å². The first kappa shape index (κ1) is 16.0. The lowest BCUT2D eigenvalue weighted by Gasteiger charge is -2.09. The predicted octanol–water partition coefficient (Wildman–Crippen LogP) is 4.43. The summed E-state index contributed by atoms with van der Waals surface area (Å²) in [7, 11) is 0. The van der Waals surface area contributed by atoms with Crippen LogP contribution in [0.15, 0.2) is 60.8 Å². The van der Waals surface area contributed by atoms with Crippen molar-refractivity contribution >= 4 is 34.8 Å². The van der Waals surface area contributed by atoms with Crippen LogP contribution in [0.3, 0.4) is 0 Å². The maximum absolute atomic E-state index is 12.4. The van der Waals surface area contributed by atoms with Gasteiger partial charge < -0.3 is 10.6 Å². The Morgan fingerprint density at radius 2 is 1.79 bits per heavy atom. The van der Waals surface area contributed by atoms with E-state index in [2.05, 4.69) is 20.6 Å². The molecular weight excluding hydrogens is 324 g/mol. The molecule has 2 N–H and O–H groups in total. The molecule has 0 unspecified atom stereocenters. The Kier molecular flexibility index (Phi) is 4.72. The summed E-state index contributed by atoms with van der Waals surface area (Å²) in [4.78, 5) is 20.7. The molecule has 0 spiro atoms. The zero-order valence-electron chi connectivity index (χ0n) is 13.0. The molecule has 6 heteroatoms. The minimum atomic E-state index is -0.286. The van der Waals surface area contributed by atoms with Gasteiger partial charge in [0.1, 0.15) is 5.69 Å². The predicted molar refractivity (Wildman–Crippen MR) is 95.9 cm³/mol. The summed E-state index contributed by atoms with van der Waals surface area (Å²) in [6.45, 7) is 1.93. The summed E-state index contributed by atoms with van der Waals surface area (Å²) in [5.41, 5.74) is 2.81. The van der Waals surface area contributed by atoms with Crippen LogP contribution < -0.4 is 10.6 Å². The summed E-state index contributed by atoms with van der Waals surface area (Å²) >= 11 is 5.86. The molecule has 0 saturated carbocycles. The van der Waals surface area contributed by atoms with Crippen molar-refractivity contribution in [1.82, 2.24) is 9.97 Å². The first-order valence-electron chi connectivity index (χ1n) is 7.34. The molecule has 3 aromatic rings. The van der Waals surface area contributed by atoms with Crippen LogP contribution >= 0.6 is 11.6 Å². The molecule has 3 rings (SSSR count). The Balaban J connectivity index is 1.76. The summed E-state index contributed by atoms with van der Waals surface area (Å²) in [6.07, 6.45) is 1.54. The van der Waals surface area contributed by atoms with Crippen LogP contribution in [-0.4, -0.2) is 15.9 Å². The number of hydrogen-bond donors (Lipinski definition) is 2. The van der Waals surface area contributed by atoms with E-state index in [1.807, 2.05) is 43.3 Å². The number of aromatic nitrogens is 2. The number of nitrogens with one attached hydrogen (secondary N) is 2. The van der Waals surface area contributed by atoms with Gasteiger partial charge in [0.2, 0.25) is 5.95 Å². The van der Waals surface area contributed by atoms with Crippen LogP contribution in [0.1, 0.15) is 16.1 Å². The van der Waals surface area contributed by atoms with Crippen molar-refractivity contribution in [2.24, 2.45) is 0 Å². The fourth-order valence-electron chi connectivity index (χ4n) is 2.11. The number of nitrogens with zero attached hydrogens (tertiary/aromatic N) is 2. The topological polar surface area (TPSA) is 66.9 Å². The van der Waals surface area contributed by atoms with E-state index in [9.17, 15) is 4.79 Å². The van der Waals surface area contributed by atoms with Crippen LogP contribution in [0.4, 0.5) is 17.3 Å². The number of carbonyl (C=O) groups excluding carboxylic acids is 1. The molecule has 1 heterocycles. The van der Waals surface area contributed by atoms with Crippen LogP contribution in [-0.2, 0) is 0 Å². The van der Waals surface area contributed by atoms with Crippen molar-refractivity contribution < 1.29 is 4.79 Å². The molecular formula is C18H15ClN4O. The maximum atomic E-state index is 12.4. The molecule has 5 nitrogen and oxygen atoms in total. The highest BCUT2D eigenvalue weighted by molar-refractivity contribution is 6.30. The van der Waals surface area contributed by atoms with Crippen molar-refractivity contribution in [3.8, 4) is 0 Å². The Morgan fingerprint density at radius 3 is 2.54 bits per heavy atom. The van der Waals surface area contributed by atoms with Crippen LogP contribution in [0, 0.1) is 6.92 Å². The monoisotopic (exact) mass is 338 g/mol. The van der Waals surface area contributed by atoms with Crippen molar-refractivity contribution in [2.75, 3.05) is 10.6 Å². The van der Waals surface area contributed by atoms with E-state index in [1.54, 1.807) is 18.2 Å². The lowest BCUT2D eigenvalue weighted by atomic mass is 10.2. The Morgan fingerprint density at radius 1 is 1.04 bits per heavy atom. The van der Waals surface area contributed by atoms with Crippen molar-refractivity contribution in [3.05, 3.63) is 77.1 Å². The van der Waals surface area contributed by atoms with Gasteiger partial charge in [-0.25, -0.2) is 9.97 Å². The van der Waals surface area contributed by atoms with Gasteiger partial charge in [-0.1, -0.05) is 29.8 Å². The van der Waals surface area contributed by atoms with Crippen molar-refractivity contribution in [3.63, 3.8) is 0 Å². The summed E-state index contributed by atoms with van der Waals surface area (Å²) in [6, 6.07) is 16.3. The van der Waals surface area contributed by atoms with Gasteiger partial charge in [0.15, 0.2) is 0 Å². The maximum Gasteiger partial charge on any atom is 0.274 e. The van der Waals surface area contributed by atoms with E-state index in [4.69, 9.17) is 11.6 Å². The SMILES string of the molecule is Cc1ccccc1NC(=O)c1ccnc(Nc2ccc(Cl)cc2)n1. The van der Waals surface area contributed by atoms with E-state index < -0.39 is 0 Å². The van der Waals surface area contributed by atoms with Gasteiger partial charge in [0.05, 0.1) is 0 Å². The Bertz CT molecular complexity index is 865. The largest absolute Gasteiger partial charge is 0.324 e. The number of anilines is 3. The summed E-state index contributed by atoms with van der Waals surface area (Å²) in [5, 5.41) is 6.54. The first-order chi connectivity index (χ1) is 11.6. The second kappa shape index (κ2) is 7.10. The van der Waals surface area contributed by atoms with E-state index >= 15 is 0 Å². The molecule has 0 fully saturated rings. The summed E-state index contributed by atoms with van der Waals surface area (Å²) < 4.78 is 0. The molecule has 1 amide bonds. The zero-order valence-corrected chi connectivity index (χ0v) is 13.7. The fraction of sp³-hybridized carbons (Fsp3) is 0.0556. The van der Waals surface area contributed by atoms with Crippen molar-refractivity contribution in [1.29, 1.82) is 0 Å². The number of amides is 1. The van der Waals surface area contributed by atoms with Crippen LogP contribution in [0.25, 0.3) is 0 Å². The number of hydrogen-bond acceptors (Lipinski definition) is 4. The van der Waals surface area contributed by atoms with Gasteiger partial charge in [-0.3, -0.25) is 4.79 Å². The van der Waals surface area contributed by atoms with Gasteiger partial charge in [0.25, 0.3) is 5.91 Å². The Labute approximate surface area is 144 Å².